The van der Waals surface area contributed by atoms with Crippen molar-refractivity contribution >= 4 is 17.3 Å². The molecule has 0 saturated carbocycles. The number of rotatable bonds is 12. The minimum Gasteiger partial charge on any atom is -0.494 e. The lowest BCUT2D eigenvalue weighted by Crippen LogP contribution is -2.46. The molecule has 7 heteroatoms. The van der Waals surface area contributed by atoms with Crippen molar-refractivity contribution in [1.82, 2.24) is 20.2 Å². The summed E-state index contributed by atoms with van der Waals surface area (Å²) in [5.74, 6) is 3.22. The van der Waals surface area contributed by atoms with Gasteiger partial charge in [0.2, 0.25) is 5.95 Å². The molecule has 2 aromatic heterocycles. The van der Waals surface area contributed by atoms with Gasteiger partial charge >= 0.3 is 0 Å². The van der Waals surface area contributed by atoms with Gasteiger partial charge in [0.25, 0.3) is 0 Å². The van der Waals surface area contributed by atoms with Gasteiger partial charge in [0.15, 0.2) is 0 Å². The lowest BCUT2D eigenvalue weighted by atomic mass is 10.1. The number of allylic oxidation sites excluding steroid dienone is 5. The maximum absolute atomic E-state index is 6.12. The van der Waals surface area contributed by atoms with Crippen molar-refractivity contribution in [3.8, 4) is 0 Å². The van der Waals surface area contributed by atoms with Crippen LogP contribution in [0, 0.1) is 0 Å². The summed E-state index contributed by atoms with van der Waals surface area (Å²) in [6, 6.07) is 4.12. The largest absolute Gasteiger partial charge is 0.494 e. The summed E-state index contributed by atoms with van der Waals surface area (Å²) in [5, 5.41) is 3.02. The Hall–Kier alpha value is -3.16. The smallest absolute Gasteiger partial charge is 0.225 e. The summed E-state index contributed by atoms with van der Waals surface area (Å²) in [5.41, 5.74) is 2.99. The Morgan fingerprint density at radius 1 is 1.08 bits per heavy atom. The van der Waals surface area contributed by atoms with Crippen molar-refractivity contribution in [2.75, 3.05) is 51.3 Å². The second-order valence-electron chi connectivity index (χ2n) is 8.85. The van der Waals surface area contributed by atoms with Crippen molar-refractivity contribution in [1.29, 1.82) is 0 Å². The van der Waals surface area contributed by atoms with E-state index in [9.17, 15) is 0 Å². The quantitative estimate of drug-likeness (QED) is 0.282. The molecule has 1 N–H and O–H groups in total. The zero-order chi connectivity index (χ0) is 27.0. The number of piperazine rings is 1. The third-order valence-electron chi connectivity index (χ3n) is 6.02. The maximum Gasteiger partial charge on any atom is 0.225 e. The van der Waals surface area contributed by atoms with Gasteiger partial charge in [-0.15, -0.1) is 0 Å². The Bertz CT molecular complexity index is 1010. The van der Waals surface area contributed by atoms with Crippen LogP contribution in [0.15, 0.2) is 65.9 Å². The molecule has 1 aliphatic rings. The molecule has 202 valence electrons. The number of anilines is 1. The zero-order valence-electron chi connectivity index (χ0n) is 23.4. The molecule has 0 radical (unpaired) electrons. The van der Waals surface area contributed by atoms with Gasteiger partial charge in [-0.25, -0.2) is 9.97 Å². The molecule has 0 bridgehead atoms. The highest BCUT2D eigenvalue weighted by atomic mass is 16.5. The molecule has 7 nitrogen and oxygen atoms in total. The highest BCUT2D eigenvalue weighted by molar-refractivity contribution is 5.71. The Morgan fingerprint density at radius 3 is 2.32 bits per heavy atom. The van der Waals surface area contributed by atoms with Crippen LogP contribution in [-0.4, -0.2) is 61.2 Å². The number of furan rings is 1. The van der Waals surface area contributed by atoms with Crippen LogP contribution in [-0.2, 0) is 11.3 Å². The average Bonchev–Trinajstić information content (AvgIpc) is 3.38. The predicted molar refractivity (Wildman–Crippen MR) is 155 cm³/mol. The Morgan fingerprint density at radius 2 is 1.78 bits per heavy atom. The lowest BCUT2D eigenvalue weighted by molar-refractivity contribution is 0.229. The van der Waals surface area contributed by atoms with Crippen molar-refractivity contribution < 1.29 is 9.15 Å². The molecule has 3 rings (SSSR count). The molecule has 0 aliphatic carbocycles. The van der Waals surface area contributed by atoms with Gasteiger partial charge < -0.3 is 19.4 Å². The van der Waals surface area contributed by atoms with Crippen LogP contribution < -0.4 is 10.2 Å². The van der Waals surface area contributed by atoms with Crippen molar-refractivity contribution in [2.45, 2.75) is 47.1 Å². The number of ether oxygens (including phenoxy) is 1. The third kappa shape index (κ3) is 10.0. The molecule has 0 spiro atoms. The molecule has 0 amide bonds. The molecular weight excluding hydrogens is 462 g/mol. The van der Waals surface area contributed by atoms with Gasteiger partial charge in [0, 0.05) is 44.1 Å². The summed E-state index contributed by atoms with van der Waals surface area (Å²) in [4.78, 5) is 13.6. The molecule has 1 aliphatic heterocycles. The normalized spacial score (nSPS) is 14.4. The summed E-state index contributed by atoms with van der Waals surface area (Å²) in [6.07, 6.45) is 11.9. The highest BCUT2D eigenvalue weighted by Crippen LogP contribution is 2.22. The summed E-state index contributed by atoms with van der Waals surface area (Å²) in [7, 11) is 1.96. The van der Waals surface area contributed by atoms with Crippen LogP contribution in [0.3, 0.4) is 0 Å². The van der Waals surface area contributed by atoms with Crippen LogP contribution in [0.2, 0.25) is 0 Å². The number of nitrogens with one attached hydrogen (secondary N) is 1. The molecule has 1 saturated heterocycles. The topological polar surface area (TPSA) is 66.7 Å². The third-order valence-corrected chi connectivity index (χ3v) is 6.02. The van der Waals surface area contributed by atoms with Crippen LogP contribution in [0.25, 0.3) is 11.3 Å². The van der Waals surface area contributed by atoms with Gasteiger partial charge in [-0.1, -0.05) is 50.8 Å². The van der Waals surface area contributed by atoms with Crippen LogP contribution in [0.4, 0.5) is 5.95 Å². The van der Waals surface area contributed by atoms with Crippen molar-refractivity contribution in [2.24, 2.45) is 0 Å². The minimum atomic E-state index is 0.584. The summed E-state index contributed by atoms with van der Waals surface area (Å²) >= 11 is 0. The van der Waals surface area contributed by atoms with Crippen LogP contribution in [0.5, 0.6) is 0 Å². The van der Waals surface area contributed by atoms with E-state index in [2.05, 4.69) is 76.4 Å². The SMILES string of the molecule is C=C(/C=C\C(=C/C)c1ccc(CN2CCN(c3ncc(C(=C)OCC)cn3)CC2)o1)CC.CCCNC. The Balaban J connectivity index is 0.000000877. The van der Waals surface area contributed by atoms with Crippen LogP contribution in [0.1, 0.15) is 57.6 Å². The molecule has 0 unspecified atom stereocenters. The number of nitrogens with zero attached hydrogens (tertiary/aromatic N) is 4. The van der Waals surface area contributed by atoms with E-state index in [0.717, 1.165) is 79.9 Å². The molecule has 0 aromatic carbocycles. The fourth-order valence-electron chi connectivity index (χ4n) is 3.73. The van der Waals surface area contributed by atoms with E-state index in [4.69, 9.17) is 9.15 Å². The molecule has 0 atom stereocenters. The second-order valence-corrected chi connectivity index (χ2v) is 8.85. The number of hydrogen-bond donors (Lipinski definition) is 1. The molecule has 1 fully saturated rings. The van der Waals surface area contributed by atoms with E-state index in [0.29, 0.717) is 12.4 Å². The van der Waals surface area contributed by atoms with Gasteiger partial charge in [-0.05, 0) is 52.4 Å². The zero-order valence-corrected chi connectivity index (χ0v) is 23.4. The minimum absolute atomic E-state index is 0.584. The molecule has 3 heterocycles. The lowest BCUT2D eigenvalue weighted by Gasteiger charge is -2.34. The number of aromatic nitrogens is 2. The standard InChI is InChI=1S/C26H34N4O2.C4H11N/c1-6-20(4)9-10-22(7-2)25-12-11-24(32-25)19-29-13-15-30(16-14-29)26-27-17-23(18-28-26)21(5)31-8-3;1-3-4-5-2/h7,9-12,17-18H,4-6,8,13-16,19H2,1-3H3;5H,3-4H2,1-2H3/b10-9-,22-7+;. The Kier molecular flexibility index (Phi) is 13.5. The average molecular weight is 508 g/mol. The molecule has 37 heavy (non-hydrogen) atoms. The van der Waals surface area contributed by atoms with Gasteiger partial charge in [-0.3, -0.25) is 4.90 Å². The van der Waals surface area contributed by atoms with E-state index in [-0.39, 0.29) is 0 Å². The van der Waals surface area contributed by atoms with E-state index in [1.54, 1.807) is 12.4 Å². The Labute approximate surface area is 223 Å². The first kappa shape index (κ1) is 30.1. The van der Waals surface area contributed by atoms with E-state index in [1.165, 1.54) is 6.42 Å². The van der Waals surface area contributed by atoms with Crippen LogP contribution >= 0.6 is 0 Å². The van der Waals surface area contributed by atoms with Gasteiger partial charge in [0.05, 0.1) is 18.7 Å². The number of hydrogen-bond acceptors (Lipinski definition) is 7. The fraction of sp³-hybridized carbons (Fsp3) is 0.467. The van der Waals surface area contributed by atoms with Crippen molar-refractivity contribution in [3.05, 3.63) is 78.6 Å². The monoisotopic (exact) mass is 507 g/mol. The van der Waals surface area contributed by atoms with Gasteiger partial charge in [-0.2, -0.15) is 0 Å². The first-order valence-corrected chi connectivity index (χ1v) is 13.3. The second kappa shape index (κ2) is 16.6. The summed E-state index contributed by atoms with van der Waals surface area (Å²) in [6.45, 7) is 22.3. The first-order chi connectivity index (χ1) is 17.9. The maximum atomic E-state index is 6.12. The first-order valence-electron chi connectivity index (χ1n) is 13.3. The van der Waals surface area contributed by atoms with E-state index < -0.39 is 0 Å². The highest BCUT2D eigenvalue weighted by Gasteiger charge is 2.20. The van der Waals surface area contributed by atoms with Crippen molar-refractivity contribution in [3.63, 3.8) is 0 Å². The van der Waals surface area contributed by atoms with Gasteiger partial charge in [0.1, 0.15) is 17.3 Å². The fourth-order valence-corrected chi connectivity index (χ4v) is 3.73. The predicted octanol–water partition coefficient (Wildman–Crippen LogP) is 5.94. The van der Waals surface area contributed by atoms with E-state index >= 15 is 0 Å². The molecular formula is C30H45N5O2. The summed E-state index contributed by atoms with van der Waals surface area (Å²) < 4.78 is 11.5. The molecule has 2 aromatic rings. The van der Waals surface area contributed by atoms with E-state index in [1.807, 2.05) is 27.0 Å².